The van der Waals surface area contributed by atoms with E-state index in [2.05, 4.69) is 26.1 Å². The van der Waals surface area contributed by atoms with Crippen molar-refractivity contribution in [2.45, 2.75) is 58.4 Å². The van der Waals surface area contributed by atoms with Gasteiger partial charge in [-0.05, 0) is 60.9 Å². The number of rotatable bonds is 5. The van der Waals surface area contributed by atoms with Gasteiger partial charge in [-0.2, -0.15) is 4.31 Å². The molecule has 1 atom stereocenters. The van der Waals surface area contributed by atoms with E-state index in [-0.39, 0.29) is 23.3 Å². The molecule has 1 fully saturated rings. The van der Waals surface area contributed by atoms with E-state index in [0.717, 1.165) is 16.7 Å². The van der Waals surface area contributed by atoms with Crippen LogP contribution < -0.4 is 5.32 Å². The maximum absolute atomic E-state index is 13.1. The van der Waals surface area contributed by atoms with E-state index >= 15 is 0 Å². The lowest BCUT2D eigenvalue weighted by Gasteiger charge is -2.35. The fourth-order valence-electron chi connectivity index (χ4n) is 4.09. The normalized spacial score (nSPS) is 17.3. The highest BCUT2D eigenvalue weighted by Crippen LogP contribution is 2.34. The van der Waals surface area contributed by atoms with Gasteiger partial charge in [0.2, 0.25) is 15.9 Å². The lowest BCUT2D eigenvalue weighted by molar-refractivity contribution is -0.127. The van der Waals surface area contributed by atoms with Crippen molar-refractivity contribution >= 4 is 15.9 Å². The van der Waals surface area contributed by atoms with Crippen LogP contribution in [-0.2, 0) is 14.8 Å². The molecule has 31 heavy (non-hydrogen) atoms. The molecule has 3 rings (SSSR count). The zero-order valence-corrected chi connectivity index (χ0v) is 20.0. The van der Waals surface area contributed by atoms with Crippen LogP contribution in [0, 0.1) is 25.2 Å². The molecule has 1 amide bonds. The first kappa shape index (κ1) is 23.5. The van der Waals surface area contributed by atoms with Gasteiger partial charge in [-0.3, -0.25) is 4.79 Å². The number of piperidine rings is 1. The summed E-state index contributed by atoms with van der Waals surface area (Å²) < 4.78 is 27.6. The summed E-state index contributed by atoms with van der Waals surface area (Å²) in [5, 5.41) is 3.24. The minimum atomic E-state index is -3.54. The summed E-state index contributed by atoms with van der Waals surface area (Å²) in [6.07, 6.45) is 1.06. The summed E-state index contributed by atoms with van der Waals surface area (Å²) in [6.45, 7) is 11.0. The molecule has 6 heteroatoms. The van der Waals surface area contributed by atoms with Crippen molar-refractivity contribution < 1.29 is 13.2 Å². The van der Waals surface area contributed by atoms with E-state index in [9.17, 15) is 13.2 Å². The smallest absolute Gasteiger partial charge is 0.243 e. The molecule has 1 saturated heterocycles. The van der Waals surface area contributed by atoms with Gasteiger partial charge in [0.15, 0.2) is 0 Å². The molecule has 5 nitrogen and oxygen atoms in total. The summed E-state index contributed by atoms with van der Waals surface area (Å²) >= 11 is 0. The van der Waals surface area contributed by atoms with E-state index in [1.165, 1.54) is 4.31 Å². The number of aryl methyl sites for hydroxylation is 2. The predicted octanol–water partition coefficient (Wildman–Crippen LogP) is 4.61. The van der Waals surface area contributed by atoms with Gasteiger partial charge in [-0.15, -0.1) is 0 Å². The number of carbonyl (C=O) groups excluding carboxylic acids is 1. The number of nitrogens with zero attached hydrogens (tertiary/aromatic N) is 1. The molecule has 1 heterocycles. The SMILES string of the molecule is Cc1ccc(S(=O)(=O)N2CCC(C(=O)NC(c3ccccc3)C(C)(C)C)CC2)cc1C. The van der Waals surface area contributed by atoms with Crippen molar-refractivity contribution in [3.8, 4) is 0 Å². The fourth-order valence-corrected chi connectivity index (χ4v) is 5.64. The van der Waals surface area contributed by atoms with Crippen LogP contribution in [0.2, 0.25) is 0 Å². The molecule has 0 aliphatic carbocycles. The average molecular weight is 443 g/mol. The Bertz CT molecular complexity index is 1020. The van der Waals surface area contributed by atoms with E-state index < -0.39 is 10.0 Å². The van der Waals surface area contributed by atoms with Crippen molar-refractivity contribution in [1.82, 2.24) is 9.62 Å². The number of benzene rings is 2. The fraction of sp³-hybridized carbons (Fsp3) is 0.480. The van der Waals surface area contributed by atoms with Crippen molar-refractivity contribution in [3.05, 3.63) is 65.2 Å². The molecule has 168 valence electrons. The monoisotopic (exact) mass is 442 g/mol. The van der Waals surface area contributed by atoms with E-state index in [0.29, 0.717) is 30.8 Å². The highest BCUT2D eigenvalue weighted by molar-refractivity contribution is 7.89. The molecule has 0 aromatic heterocycles. The second kappa shape index (κ2) is 9.13. The molecule has 0 spiro atoms. The third-order valence-corrected chi connectivity index (χ3v) is 8.12. The van der Waals surface area contributed by atoms with Crippen LogP contribution in [0.4, 0.5) is 0 Å². The number of sulfonamides is 1. The molecular weight excluding hydrogens is 408 g/mol. The average Bonchev–Trinajstić information content (AvgIpc) is 2.73. The summed E-state index contributed by atoms with van der Waals surface area (Å²) in [7, 11) is -3.54. The van der Waals surface area contributed by atoms with E-state index in [1.807, 2.05) is 50.2 Å². The highest BCUT2D eigenvalue weighted by atomic mass is 32.2. The maximum atomic E-state index is 13.1. The Balaban J connectivity index is 1.67. The number of carbonyl (C=O) groups is 1. The molecule has 0 radical (unpaired) electrons. The van der Waals surface area contributed by atoms with Crippen LogP contribution in [-0.4, -0.2) is 31.7 Å². The lowest BCUT2D eigenvalue weighted by Crippen LogP contribution is -2.45. The van der Waals surface area contributed by atoms with Crippen LogP contribution in [0.5, 0.6) is 0 Å². The van der Waals surface area contributed by atoms with Crippen LogP contribution in [0.25, 0.3) is 0 Å². The first-order valence-electron chi connectivity index (χ1n) is 10.9. The molecule has 1 aliphatic rings. The molecular formula is C25H34N2O3S. The quantitative estimate of drug-likeness (QED) is 0.735. The third kappa shape index (κ3) is 5.36. The van der Waals surface area contributed by atoms with Crippen LogP contribution >= 0.6 is 0 Å². The predicted molar refractivity (Wildman–Crippen MR) is 124 cm³/mol. The summed E-state index contributed by atoms with van der Waals surface area (Å²) in [6, 6.07) is 15.2. The van der Waals surface area contributed by atoms with Crippen LogP contribution in [0.15, 0.2) is 53.4 Å². The Hall–Kier alpha value is -2.18. The number of hydrogen-bond acceptors (Lipinski definition) is 3. The highest BCUT2D eigenvalue weighted by Gasteiger charge is 2.35. The summed E-state index contributed by atoms with van der Waals surface area (Å²) in [4.78, 5) is 13.4. The molecule has 2 aromatic carbocycles. The van der Waals surface area contributed by atoms with E-state index in [1.54, 1.807) is 12.1 Å². The number of nitrogens with one attached hydrogen (secondary N) is 1. The van der Waals surface area contributed by atoms with Crippen molar-refractivity contribution in [2.75, 3.05) is 13.1 Å². The molecule has 2 aromatic rings. The maximum Gasteiger partial charge on any atom is 0.243 e. The minimum absolute atomic E-state index is 0.00649. The second-order valence-electron chi connectivity index (χ2n) is 9.64. The molecule has 1 N–H and O–H groups in total. The molecule has 0 bridgehead atoms. The molecule has 0 saturated carbocycles. The van der Waals surface area contributed by atoms with Crippen molar-refractivity contribution in [1.29, 1.82) is 0 Å². The summed E-state index contributed by atoms with van der Waals surface area (Å²) in [5.74, 6) is -0.174. The molecule has 1 unspecified atom stereocenters. The van der Waals surface area contributed by atoms with Crippen molar-refractivity contribution in [2.24, 2.45) is 11.3 Å². The Morgan fingerprint density at radius 1 is 1.00 bits per heavy atom. The zero-order chi connectivity index (χ0) is 22.8. The van der Waals surface area contributed by atoms with Gasteiger partial charge in [0.1, 0.15) is 0 Å². The number of amides is 1. The van der Waals surface area contributed by atoms with Crippen LogP contribution in [0.1, 0.15) is 56.3 Å². The van der Waals surface area contributed by atoms with Gasteiger partial charge in [-0.25, -0.2) is 8.42 Å². The second-order valence-corrected chi connectivity index (χ2v) is 11.6. The van der Waals surface area contributed by atoms with Gasteiger partial charge in [0.05, 0.1) is 10.9 Å². The Morgan fingerprint density at radius 2 is 1.61 bits per heavy atom. The van der Waals surface area contributed by atoms with Gasteiger partial charge in [0, 0.05) is 19.0 Å². The Labute approximate surface area is 186 Å². The third-order valence-electron chi connectivity index (χ3n) is 6.23. The van der Waals surface area contributed by atoms with Crippen molar-refractivity contribution in [3.63, 3.8) is 0 Å². The van der Waals surface area contributed by atoms with Gasteiger partial charge < -0.3 is 5.32 Å². The molecule has 1 aliphatic heterocycles. The first-order valence-corrected chi connectivity index (χ1v) is 12.4. The van der Waals surface area contributed by atoms with Gasteiger partial charge in [0.25, 0.3) is 0 Å². The number of hydrogen-bond donors (Lipinski definition) is 1. The van der Waals surface area contributed by atoms with Crippen LogP contribution in [0.3, 0.4) is 0 Å². The first-order chi connectivity index (χ1) is 14.5. The minimum Gasteiger partial charge on any atom is -0.349 e. The lowest BCUT2D eigenvalue weighted by atomic mass is 9.81. The summed E-state index contributed by atoms with van der Waals surface area (Å²) in [5.41, 5.74) is 2.98. The largest absolute Gasteiger partial charge is 0.349 e. The zero-order valence-electron chi connectivity index (χ0n) is 19.2. The Kier molecular flexibility index (Phi) is 6.92. The topological polar surface area (TPSA) is 66.5 Å². The van der Waals surface area contributed by atoms with Gasteiger partial charge in [-0.1, -0.05) is 57.2 Å². The standard InChI is InChI=1S/C25H34N2O3S/c1-18-11-12-22(17-19(18)2)31(29,30)27-15-13-21(14-16-27)24(28)26-23(25(3,4)5)20-9-7-6-8-10-20/h6-12,17,21,23H,13-16H2,1-5H3,(H,26,28). The Morgan fingerprint density at radius 3 is 2.16 bits per heavy atom. The van der Waals surface area contributed by atoms with E-state index in [4.69, 9.17) is 0 Å². The van der Waals surface area contributed by atoms with Gasteiger partial charge >= 0.3 is 0 Å².